The van der Waals surface area contributed by atoms with Crippen LogP contribution in [0.3, 0.4) is 0 Å². The molecule has 0 aromatic carbocycles. The van der Waals surface area contributed by atoms with Crippen LogP contribution in [0, 0.1) is 0 Å². The third-order valence-corrected chi connectivity index (χ3v) is 1.63. The zero-order valence-electron chi connectivity index (χ0n) is 5.89. The Morgan fingerprint density at radius 2 is 2.60 bits per heavy atom. The zero-order chi connectivity index (χ0) is 7.40. The van der Waals surface area contributed by atoms with Crippen LogP contribution in [0.4, 0.5) is 0 Å². The molecule has 10 heavy (non-hydrogen) atoms. The Labute approximate surface area is 65.9 Å². The van der Waals surface area contributed by atoms with Gasteiger partial charge in [-0.05, 0) is 25.3 Å². The lowest BCUT2D eigenvalue weighted by Gasteiger charge is -2.17. The van der Waals surface area contributed by atoms with Crippen LogP contribution >= 0.6 is 11.6 Å². The Bertz CT molecular complexity index is 163. The second-order valence-electron chi connectivity index (χ2n) is 2.04. The van der Waals surface area contributed by atoms with E-state index in [2.05, 4.69) is 10.6 Å². The molecule has 0 radical (unpaired) electrons. The molecule has 1 rings (SSSR count). The van der Waals surface area contributed by atoms with E-state index in [4.69, 9.17) is 11.6 Å². The molecule has 1 aliphatic rings. The summed E-state index contributed by atoms with van der Waals surface area (Å²) in [6.45, 7) is 2.95. The van der Waals surface area contributed by atoms with Crippen LogP contribution in [-0.4, -0.2) is 12.0 Å². The molecule has 0 aromatic heterocycles. The first kappa shape index (κ1) is 7.48. The van der Waals surface area contributed by atoms with Gasteiger partial charge in [0.25, 0.3) is 0 Å². The minimum atomic E-state index is -0.0926. The van der Waals surface area contributed by atoms with Crippen molar-refractivity contribution in [3.63, 3.8) is 0 Å². The summed E-state index contributed by atoms with van der Waals surface area (Å²) >= 11 is 5.87. The summed E-state index contributed by atoms with van der Waals surface area (Å²) in [5.74, 6) is 0. The highest BCUT2D eigenvalue weighted by atomic mass is 35.5. The first-order chi connectivity index (χ1) is 4.84. The molecule has 1 atom stereocenters. The average Bonchev–Trinajstić information content (AvgIpc) is 1.94. The fourth-order valence-corrected chi connectivity index (χ4v) is 1.04. The standard InChI is InChI=1S/C7H11ClN2/c1-2-9-6-4-3-5-10-7(6)8/h3-5,7,9-10H,2H2,1H3. The van der Waals surface area contributed by atoms with Gasteiger partial charge in [0, 0.05) is 12.2 Å². The maximum Gasteiger partial charge on any atom is 0.141 e. The predicted molar refractivity (Wildman–Crippen MR) is 43.7 cm³/mol. The molecule has 3 heteroatoms. The van der Waals surface area contributed by atoms with Gasteiger partial charge in [-0.3, -0.25) is 0 Å². The highest BCUT2D eigenvalue weighted by Gasteiger charge is 2.08. The quantitative estimate of drug-likeness (QED) is 0.466. The summed E-state index contributed by atoms with van der Waals surface area (Å²) in [7, 11) is 0. The SMILES string of the molecule is CCNC1=CC=CNC1Cl. The van der Waals surface area contributed by atoms with Crippen LogP contribution in [0.25, 0.3) is 0 Å². The zero-order valence-corrected chi connectivity index (χ0v) is 6.65. The van der Waals surface area contributed by atoms with E-state index in [0.29, 0.717) is 0 Å². The van der Waals surface area contributed by atoms with Gasteiger partial charge in [-0.2, -0.15) is 0 Å². The van der Waals surface area contributed by atoms with Crippen molar-refractivity contribution in [2.45, 2.75) is 12.4 Å². The highest BCUT2D eigenvalue weighted by Crippen LogP contribution is 2.06. The molecule has 0 saturated heterocycles. The molecule has 2 N–H and O–H groups in total. The lowest BCUT2D eigenvalue weighted by atomic mass is 10.3. The van der Waals surface area contributed by atoms with Gasteiger partial charge in [0.2, 0.25) is 0 Å². The Balaban J connectivity index is 2.52. The number of hydrogen-bond acceptors (Lipinski definition) is 2. The van der Waals surface area contributed by atoms with Crippen LogP contribution in [0.5, 0.6) is 0 Å². The molecule has 0 aromatic rings. The molecule has 0 bridgehead atoms. The Morgan fingerprint density at radius 3 is 3.20 bits per heavy atom. The second kappa shape index (κ2) is 3.52. The maximum absolute atomic E-state index is 5.87. The summed E-state index contributed by atoms with van der Waals surface area (Å²) < 4.78 is 0. The third-order valence-electron chi connectivity index (χ3n) is 1.27. The molecule has 1 unspecified atom stereocenters. The van der Waals surface area contributed by atoms with Crippen molar-refractivity contribution in [2.75, 3.05) is 6.54 Å². The van der Waals surface area contributed by atoms with Gasteiger partial charge < -0.3 is 10.6 Å². The van der Waals surface area contributed by atoms with Crippen LogP contribution in [0.1, 0.15) is 6.92 Å². The fourth-order valence-electron chi connectivity index (χ4n) is 0.819. The van der Waals surface area contributed by atoms with E-state index in [1.807, 2.05) is 25.3 Å². The number of nitrogens with one attached hydrogen (secondary N) is 2. The summed E-state index contributed by atoms with van der Waals surface area (Å²) in [6.07, 6.45) is 5.73. The summed E-state index contributed by atoms with van der Waals surface area (Å²) in [5.41, 5.74) is 0.941. The number of halogens is 1. The average molecular weight is 159 g/mol. The maximum atomic E-state index is 5.87. The number of allylic oxidation sites excluding steroid dienone is 2. The van der Waals surface area contributed by atoms with E-state index in [0.717, 1.165) is 12.2 Å². The molecule has 0 aliphatic carbocycles. The number of dihydropyridines is 1. The monoisotopic (exact) mass is 158 g/mol. The van der Waals surface area contributed by atoms with Gasteiger partial charge in [-0.25, -0.2) is 0 Å². The van der Waals surface area contributed by atoms with Crippen LogP contribution < -0.4 is 10.6 Å². The topological polar surface area (TPSA) is 24.1 Å². The summed E-state index contributed by atoms with van der Waals surface area (Å²) in [5, 5.41) is 6.12. The summed E-state index contributed by atoms with van der Waals surface area (Å²) in [6, 6.07) is 0. The van der Waals surface area contributed by atoms with Crippen molar-refractivity contribution < 1.29 is 0 Å². The number of hydrogen-bond donors (Lipinski definition) is 2. The van der Waals surface area contributed by atoms with Gasteiger partial charge in [-0.1, -0.05) is 11.6 Å². The Hall–Kier alpha value is -0.630. The molecule has 2 nitrogen and oxygen atoms in total. The van der Waals surface area contributed by atoms with Gasteiger partial charge in [-0.15, -0.1) is 0 Å². The lowest BCUT2D eigenvalue weighted by Crippen LogP contribution is -2.30. The lowest BCUT2D eigenvalue weighted by molar-refractivity contribution is 0.734. The molecule has 1 heterocycles. The third kappa shape index (κ3) is 1.67. The smallest absolute Gasteiger partial charge is 0.141 e. The number of alkyl halides is 1. The van der Waals surface area contributed by atoms with Gasteiger partial charge in [0.05, 0.1) is 0 Å². The van der Waals surface area contributed by atoms with E-state index < -0.39 is 0 Å². The summed E-state index contributed by atoms with van der Waals surface area (Å²) in [4.78, 5) is 0. The van der Waals surface area contributed by atoms with E-state index in [1.54, 1.807) is 0 Å². The first-order valence-corrected chi connectivity index (χ1v) is 3.79. The van der Waals surface area contributed by atoms with Crippen LogP contribution in [0.15, 0.2) is 24.0 Å². The largest absolute Gasteiger partial charge is 0.386 e. The normalized spacial score (nSPS) is 23.4. The predicted octanol–water partition coefficient (Wildman–Crippen LogP) is 1.16. The van der Waals surface area contributed by atoms with Crippen molar-refractivity contribution in [3.05, 3.63) is 24.0 Å². The first-order valence-electron chi connectivity index (χ1n) is 3.35. The molecular weight excluding hydrogens is 148 g/mol. The van der Waals surface area contributed by atoms with E-state index in [-0.39, 0.29) is 5.50 Å². The van der Waals surface area contributed by atoms with Crippen LogP contribution in [0.2, 0.25) is 0 Å². The number of rotatable bonds is 2. The van der Waals surface area contributed by atoms with E-state index in [1.165, 1.54) is 0 Å². The molecule has 0 spiro atoms. The Morgan fingerprint density at radius 1 is 1.80 bits per heavy atom. The highest BCUT2D eigenvalue weighted by molar-refractivity contribution is 6.22. The van der Waals surface area contributed by atoms with Crippen molar-refractivity contribution in [1.82, 2.24) is 10.6 Å². The second-order valence-corrected chi connectivity index (χ2v) is 2.48. The molecule has 0 saturated carbocycles. The molecule has 56 valence electrons. The molecule has 1 aliphatic heterocycles. The molecule has 0 amide bonds. The molecule has 0 fully saturated rings. The van der Waals surface area contributed by atoms with E-state index in [9.17, 15) is 0 Å². The van der Waals surface area contributed by atoms with Gasteiger partial charge in [0.15, 0.2) is 0 Å². The fraction of sp³-hybridized carbons (Fsp3) is 0.429. The van der Waals surface area contributed by atoms with Crippen molar-refractivity contribution >= 4 is 11.6 Å². The minimum Gasteiger partial charge on any atom is -0.386 e. The number of likely N-dealkylation sites (N-methyl/N-ethyl adjacent to an activating group) is 1. The molecular formula is C7H11ClN2. The van der Waals surface area contributed by atoms with E-state index >= 15 is 0 Å². The van der Waals surface area contributed by atoms with Crippen LogP contribution in [-0.2, 0) is 0 Å². The minimum absolute atomic E-state index is 0.0926. The van der Waals surface area contributed by atoms with Gasteiger partial charge in [0.1, 0.15) is 5.50 Å². The van der Waals surface area contributed by atoms with Crippen molar-refractivity contribution in [2.24, 2.45) is 0 Å². The van der Waals surface area contributed by atoms with Gasteiger partial charge >= 0.3 is 0 Å². The van der Waals surface area contributed by atoms with Crippen molar-refractivity contribution in [1.29, 1.82) is 0 Å². The van der Waals surface area contributed by atoms with Crippen molar-refractivity contribution in [3.8, 4) is 0 Å². The Kier molecular flexibility index (Phi) is 2.63.